The Labute approximate surface area is 168 Å². The number of benzene rings is 1. The third-order valence-electron chi connectivity index (χ3n) is 4.59. The Morgan fingerprint density at radius 2 is 2.03 bits per heavy atom. The molecule has 146 valence electrons. The maximum atomic E-state index is 12.8. The number of nitro benzene ring substituents is 1. The van der Waals surface area contributed by atoms with Crippen molar-refractivity contribution in [1.29, 1.82) is 0 Å². The van der Waals surface area contributed by atoms with Gasteiger partial charge in [0, 0.05) is 22.6 Å². The monoisotopic (exact) mass is 410 g/mol. The second-order valence-corrected chi connectivity index (χ2v) is 7.31. The van der Waals surface area contributed by atoms with Crippen molar-refractivity contribution in [3.05, 3.63) is 92.1 Å². The molecule has 1 atom stereocenters. The number of ketones is 1. The smallest absolute Gasteiger partial charge is 0.296 e. The Morgan fingerprint density at radius 1 is 1.21 bits per heavy atom. The van der Waals surface area contributed by atoms with Crippen molar-refractivity contribution >= 4 is 34.5 Å². The predicted octanol–water partition coefficient (Wildman–Crippen LogP) is 3.87. The van der Waals surface area contributed by atoms with E-state index in [0.29, 0.717) is 10.6 Å². The van der Waals surface area contributed by atoms with Gasteiger partial charge >= 0.3 is 0 Å². The fourth-order valence-electron chi connectivity index (χ4n) is 3.28. The minimum absolute atomic E-state index is 0.0475. The number of thiophene rings is 1. The highest BCUT2D eigenvalue weighted by Crippen LogP contribution is 2.42. The van der Waals surface area contributed by atoms with E-state index < -0.39 is 28.4 Å². The average Bonchev–Trinajstić information content (AvgIpc) is 3.46. The largest absolute Gasteiger partial charge is 0.507 e. The summed E-state index contributed by atoms with van der Waals surface area (Å²) in [6, 6.07) is 11.4. The van der Waals surface area contributed by atoms with Crippen LogP contribution in [0.5, 0.6) is 0 Å². The molecule has 1 aliphatic heterocycles. The van der Waals surface area contributed by atoms with Gasteiger partial charge in [0.05, 0.1) is 23.3 Å². The van der Waals surface area contributed by atoms with E-state index in [-0.39, 0.29) is 23.4 Å². The van der Waals surface area contributed by atoms with Gasteiger partial charge in [0.15, 0.2) is 0 Å². The van der Waals surface area contributed by atoms with Crippen LogP contribution in [0, 0.1) is 10.1 Å². The first kappa shape index (κ1) is 18.6. The Morgan fingerprint density at radius 3 is 2.69 bits per heavy atom. The molecule has 9 heteroatoms. The summed E-state index contributed by atoms with van der Waals surface area (Å²) in [5.74, 6) is -1.58. The van der Waals surface area contributed by atoms with Gasteiger partial charge in [0.1, 0.15) is 17.6 Å². The van der Waals surface area contributed by atoms with E-state index in [1.165, 1.54) is 46.8 Å². The molecule has 1 unspecified atom stereocenters. The van der Waals surface area contributed by atoms with Crippen molar-refractivity contribution in [2.45, 2.75) is 12.6 Å². The maximum absolute atomic E-state index is 12.8. The summed E-state index contributed by atoms with van der Waals surface area (Å²) in [4.78, 5) is 38.0. The number of non-ortho nitro benzene ring substituents is 1. The Kier molecular flexibility index (Phi) is 4.73. The second-order valence-electron chi connectivity index (χ2n) is 6.33. The van der Waals surface area contributed by atoms with Gasteiger partial charge in [-0.25, -0.2) is 0 Å². The van der Waals surface area contributed by atoms with Gasteiger partial charge in [-0.05, 0) is 23.6 Å². The van der Waals surface area contributed by atoms with Gasteiger partial charge in [-0.1, -0.05) is 18.2 Å². The molecule has 4 rings (SSSR count). The lowest BCUT2D eigenvalue weighted by atomic mass is 9.99. The van der Waals surface area contributed by atoms with E-state index in [0.717, 1.165) is 0 Å². The number of rotatable bonds is 5. The first-order valence-corrected chi connectivity index (χ1v) is 9.44. The van der Waals surface area contributed by atoms with Gasteiger partial charge < -0.3 is 14.4 Å². The summed E-state index contributed by atoms with van der Waals surface area (Å²) in [5, 5.41) is 23.7. The molecular weight excluding hydrogens is 396 g/mol. The van der Waals surface area contributed by atoms with Gasteiger partial charge in [-0.15, -0.1) is 11.3 Å². The summed E-state index contributed by atoms with van der Waals surface area (Å²) in [7, 11) is 0. The molecule has 1 aromatic carbocycles. The lowest BCUT2D eigenvalue weighted by molar-refractivity contribution is -0.384. The van der Waals surface area contributed by atoms with E-state index in [1.54, 1.807) is 29.6 Å². The zero-order chi connectivity index (χ0) is 20.5. The molecule has 0 spiro atoms. The molecule has 0 bridgehead atoms. The van der Waals surface area contributed by atoms with E-state index in [2.05, 4.69) is 0 Å². The molecule has 0 aliphatic carbocycles. The molecule has 2 aromatic heterocycles. The van der Waals surface area contributed by atoms with Crippen LogP contribution in [0.1, 0.15) is 22.2 Å². The number of nitrogens with zero attached hydrogens (tertiary/aromatic N) is 2. The van der Waals surface area contributed by atoms with Crippen LogP contribution in [0.2, 0.25) is 0 Å². The highest BCUT2D eigenvalue weighted by atomic mass is 32.1. The summed E-state index contributed by atoms with van der Waals surface area (Å²) in [5.41, 5.74) is -0.243. The number of Topliss-reactive ketones (excluding diaryl/α,β-unsaturated/α-hetero) is 1. The van der Waals surface area contributed by atoms with E-state index in [4.69, 9.17) is 4.42 Å². The number of aliphatic hydroxyl groups is 1. The third-order valence-corrected chi connectivity index (χ3v) is 5.51. The molecule has 1 aliphatic rings. The molecule has 0 radical (unpaired) electrons. The summed E-state index contributed by atoms with van der Waals surface area (Å²) in [6.07, 6.45) is 1.47. The maximum Gasteiger partial charge on any atom is 0.296 e. The van der Waals surface area contributed by atoms with Crippen LogP contribution < -0.4 is 0 Å². The number of likely N-dealkylation sites (tertiary alicyclic amines) is 1. The van der Waals surface area contributed by atoms with Gasteiger partial charge in [-0.3, -0.25) is 19.7 Å². The van der Waals surface area contributed by atoms with Gasteiger partial charge in [-0.2, -0.15) is 0 Å². The molecular formula is C20H14N2O6S. The quantitative estimate of drug-likeness (QED) is 0.225. The first-order valence-electron chi connectivity index (χ1n) is 8.56. The number of carbonyl (C=O) groups is 2. The van der Waals surface area contributed by atoms with E-state index in [9.17, 15) is 24.8 Å². The minimum atomic E-state index is -0.848. The number of furan rings is 1. The number of nitro groups is 1. The summed E-state index contributed by atoms with van der Waals surface area (Å²) < 4.78 is 5.31. The molecule has 0 saturated carbocycles. The fourth-order valence-corrected chi connectivity index (χ4v) is 4.12. The molecule has 1 saturated heterocycles. The normalized spacial score (nSPS) is 18.3. The topological polar surface area (TPSA) is 114 Å². The van der Waals surface area contributed by atoms with Crippen molar-refractivity contribution in [1.82, 2.24) is 4.90 Å². The van der Waals surface area contributed by atoms with E-state index in [1.807, 2.05) is 0 Å². The molecule has 1 N–H and O–H groups in total. The zero-order valence-electron chi connectivity index (χ0n) is 14.8. The predicted molar refractivity (Wildman–Crippen MR) is 104 cm³/mol. The number of hydrogen-bond acceptors (Lipinski definition) is 7. The van der Waals surface area contributed by atoms with Crippen LogP contribution in [-0.4, -0.2) is 26.6 Å². The SMILES string of the molecule is O=C1C(=O)N(Cc2ccco2)C(c2cccs2)/C1=C(/O)c1cccc([N+](=O)[O-])c1. The molecule has 3 aromatic rings. The Balaban J connectivity index is 1.85. The second kappa shape index (κ2) is 7.36. The number of hydrogen-bond donors (Lipinski definition) is 1. The van der Waals surface area contributed by atoms with Crippen LogP contribution in [0.3, 0.4) is 0 Å². The van der Waals surface area contributed by atoms with Gasteiger partial charge in [0.2, 0.25) is 0 Å². The molecule has 1 fully saturated rings. The standard InChI is InChI=1S/C20H14N2O6S/c23-18(12-4-1-5-13(10-12)22(26)27)16-17(15-7-3-9-29-15)21(20(25)19(16)24)11-14-6-2-8-28-14/h1-10,17,23H,11H2/b18-16-. The van der Waals surface area contributed by atoms with Crippen molar-refractivity contribution in [2.75, 3.05) is 0 Å². The number of aliphatic hydroxyl groups excluding tert-OH is 1. The molecule has 1 amide bonds. The lowest BCUT2D eigenvalue weighted by Crippen LogP contribution is -2.28. The fraction of sp³-hybridized carbons (Fsp3) is 0.100. The van der Waals surface area contributed by atoms with Crippen molar-refractivity contribution in [2.24, 2.45) is 0 Å². The van der Waals surface area contributed by atoms with Crippen molar-refractivity contribution in [3.63, 3.8) is 0 Å². The molecule has 3 heterocycles. The van der Waals surface area contributed by atoms with Crippen molar-refractivity contribution in [3.8, 4) is 0 Å². The van der Waals surface area contributed by atoms with Crippen LogP contribution in [0.4, 0.5) is 5.69 Å². The summed E-state index contributed by atoms with van der Waals surface area (Å²) in [6.45, 7) is 0.0475. The number of carbonyl (C=O) groups excluding carboxylic acids is 2. The van der Waals surface area contributed by atoms with Gasteiger partial charge in [0.25, 0.3) is 17.4 Å². The minimum Gasteiger partial charge on any atom is -0.507 e. The number of amides is 1. The highest BCUT2D eigenvalue weighted by Gasteiger charge is 2.46. The van der Waals surface area contributed by atoms with Crippen molar-refractivity contribution < 1.29 is 24.0 Å². The molecule has 29 heavy (non-hydrogen) atoms. The lowest BCUT2D eigenvalue weighted by Gasteiger charge is -2.23. The Hall–Kier alpha value is -3.72. The zero-order valence-corrected chi connectivity index (χ0v) is 15.7. The summed E-state index contributed by atoms with van der Waals surface area (Å²) >= 11 is 1.33. The Bertz CT molecular complexity index is 1120. The first-order chi connectivity index (χ1) is 14.0. The van der Waals surface area contributed by atoms with Crippen LogP contribution in [-0.2, 0) is 16.1 Å². The van der Waals surface area contributed by atoms with Crippen LogP contribution in [0.15, 0.2) is 70.2 Å². The van der Waals surface area contributed by atoms with Crippen LogP contribution in [0.25, 0.3) is 5.76 Å². The third kappa shape index (κ3) is 3.32. The van der Waals surface area contributed by atoms with Crippen LogP contribution >= 0.6 is 11.3 Å². The highest BCUT2D eigenvalue weighted by molar-refractivity contribution is 7.10. The molecule has 8 nitrogen and oxygen atoms in total. The average molecular weight is 410 g/mol. The van der Waals surface area contributed by atoms with E-state index >= 15 is 0 Å².